The van der Waals surface area contributed by atoms with Crippen molar-refractivity contribution in [1.29, 1.82) is 0 Å². The van der Waals surface area contributed by atoms with Crippen molar-refractivity contribution in [3.05, 3.63) is 24.0 Å². The van der Waals surface area contributed by atoms with Crippen molar-refractivity contribution in [2.45, 2.75) is 57.0 Å². The maximum absolute atomic E-state index is 5.92. The van der Waals surface area contributed by atoms with Crippen LogP contribution >= 0.6 is 0 Å². The van der Waals surface area contributed by atoms with Crippen LogP contribution in [0.3, 0.4) is 0 Å². The zero-order valence-corrected chi connectivity index (χ0v) is 11.0. The van der Waals surface area contributed by atoms with Crippen LogP contribution in [0.2, 0.25) is 0 Å². The Morgan fingerprint density at radius 3 is 2.65 bits per heavy atom. The molecule has 0 radical (unpaired) electrons. The molecule has 1 aliphatic rings. The van der Waals surface area contributed by atoms with Crippen LogP contribution in [0.1, 0.15) is 45.2 Å². The van der Waals surface area contributed by atoms with E-state index in [0.717, 1.165) is 6.54 Å². The molecule has 1 aliphatic carbocycles. The lowest BCUT2D eigenvalue weighted by Crippen LogP contribution is -2.42. The van der Waals surface area contributed by atoms with Crippen LogP contribution in [0.25, 0.3) is 0 Å². The highest BCUT2D eigenvalue weighted by molar-refractivity contribution is 5.15. The second-order valence-corrected chi connectivity index (χ2v) is 5.96. The fourth-order valence-corrected chi connectivity index (χ4v) is 2.57. The minimum Gasteiger partial charge on any atom is -0.365 e. The monoisotopic (exact) mass is 235 g/mol. The Morgan fingerprint density at radius 1 is 1.35 bits per heavy atom. The Bertz CT molecular complexity index is 321. The first kappa shape index (κ1) is 12.7. The molecule has 0 unspecified atom stereocenters. The quantitative estimate of drug-likeness (QED) is 0.749. The molecule has 0 atom stereocenters. The lowest BCUT2D eigenvalue weighted by atomic mass is 9.87. The van der Waals surface area contributed by atoms with E-state index in [1.807, 2.05) is 6.20 Å². The zero-order chi connectivity index (χ0) is 12.3. The first-order chi connectivity index (χ1) is 8.08. The summed E-state index contributed by atoms with van der Waals surface area (Å²) >= 11 is 0. The number of rotatable bonds is 4. The van der Waals surface area contributed by atoms with E-state index >= 15 is 0 Å². The molecule has 0 aromatic carbocycles. The molecule has 96 valence electrons. The van der Waals surface area contributed by atoms with E-state index in [4.69, 9.17) is 5.73 Å². The molecule has 1 saturated carbocycles. The van der Waals surface area contributed by atoms with Crippen LogP contribution < -0.4 is 11.1 Å². The Hall–Kier alpha value is -0.800. The summed E-state index contributed by atoms with van der Waals surface area (Å²) in [5.41, 5.74) is 7.40. The summed E-state index contributed by atoms with van der Waals surface area (Å²) in [7, 11) is 0. The van der Waals surface area contributed by atoms with Crippen molar-refractivity contribution in [2.24, 2.45) is 5.73 Å². The predicted octanol–water partition coefficient (Wildman–Crippen LogP) is 2.15. The first-order valence-corrected chi connectivity index (χ1v) is 6.71. The van der Waals surface area contributed by atoms with Crippen LogP contribution in [0.4, 0.5) is 0 Å². The number of nitrogens with one attached hydrogen (secondary N) is 2. The third-order valence-electron chi connectivity index (χ3n) is 3.93. The summed E-state index contributed by atoms with van der Waals surface area (Å²) in [5.74, 6) is 0. The number of H-pyrrole nitrogens is 1. The van der Waals surface area contributed by atoms with E-state index in [-0.39, 0.29) is 5.41 Å². The number of aromatic amines is 1. The highest BCUT2D eigenvalue weighted by Gasteiger charge is 2.24. The standard InChI is InChI=1S/C14H25N3/c1-14(2,13-4-3-9-16-13)10-17-12-7-5-11(15)6-8-12/h3-4,9,11-12,16-17H,5-8,10,15H2,1-2H3. The van der Waals surface area contributed by atoms with Gasteiger partial charge in [0.25, 0.3) is 0 Å². The molecular formula is C14H25N3. The molecule has 17 heavy (non-hydrogen) atoms. The van der Waals surface area contributed by atoms with E-state index < -0.39 is 0 Å². The maximum Gasteiger partial charge on any atom is 0.0217 e. The molecule has 3 nitrogen and oxygen atoms in total. The van der Waals surface area contributed by atoms with E-state index in [1.165, 1.54) is 31.4 Å². The minimum atomic E-state index is 0.170. The van der Waals surface area contributed by atoms with Crippen LogP contribution in [-0.4, -0.2) is 23.6 Å². The van der Waals surface area contributed by atoms with Gasteiger partial charge in [-0.25, -0.2) is 0 Å². The molecule has 1 fully saturated rings. The van der Waals surface area contributed by atoms with Gasteiger partial charge >= 0.3 is 0 Å². The van der Waals surface area contributed by atoms with Crippen molar-refractivity contribution in [3.8, 4) is 0 Å². The van der Waals surface area contributed by atoms with Gasteiger partial charge in [0, 0.05) is 35.9 Å². The fraction of sp³-hybridized carbons (Fsp3) is 0.714. The number of hydrogen-bond acceptors (Lipinski definition) is 2. The Kier molecular flexibility index (Phi) is 3.89. The summed E-state index contributed by atoms with van der Waals surface area (Å²) in [5, 5.41) is 3.70. The fourth-order valence-electron chi connectivity index (χ4n) is 2.57. The molecule has 0 saturated heterocycles. The van der Waals surface area contributed by atoms with Crippen LogP contribution in [-0.2, 0) is 5.41 Å². The molecule has 3 heteroatoms. The van der Waals surface area contributed by atoms with Gasteiger partial charge in [-0.05, 0) is 37.8 Å². The van der Waals surface area contributed by atoms with E-state index in [1.54, 1.807) is 0 Å². The van der Waals surface area contributed by atoms with E-state index in [0.29, 0.717) is 12.1 Å². The Morgan fingerprint density at radius 2 is 2.06 bits per heavy atom. The van der Waals surface area contributed by atoms with Gasteiger partial charge in [-0.15, -0.1) is 0 Å². The van der Waals surface area contributed by atoms with Gasteiger partial charge in [-0.3, -0.25) is 0 Å². The molecule has 4 N–H and O–H groups in total. The van der Waals surface area contributed by atoms with Crippen LogP contribution in [0.15, 0.2) is 18.3 Å². The van der Waals surface area contributed by atoms with Crippen LogP contribution in [0, 0.1) is 0 Å². The van der Waals surface area contributed by atoms with Gasteiger partial charge in [0.2, 0.25) is 0 Å². The highest BCUT2D eigenvalue weighted by atomic mass is 14.9. The molecule has 0 spiro atoms. The molecule has 0 aliphatic heterocycles. The topological polar surface area (TPSA) is 53.8 Å². The molecule has 0 amide bonds. The normalized spacial score (nSPS) is 26.1. The van der Waals surface area contributed by atoms with Gasteiger partial charge < -0.3 is 16.0 Å². The Balaban J connectivity index is 1.81. The number of nitrogens with two attached hydrogens (primary N) is 1. The third-order valence-corrected chi connectivity index (χ3v) is 3.93. The zero-order valence-electron chi connectivity index (χ0n) is 11.0. The van der Waals surface area contributed by atoms with Crippen molar-refractivity contribution in [2.75, 3.05) is 6.54 Å². The lowest BCUT2D eigenvalue weighted by molar-refractivity contribution is 0.318. The molecule has 2 rings (SSSR count). The number of aromatic nitrogens is 1. The van der Waals surface area contributed by atoms with Crippen molar-refractivity contribution in [3.63, 3.8) is 0 Å². The SMILES string of the molecule is CC(C)(CNC1CCC(N)CC1)c1ccc[nH]1. The second-order valence-electron chi connectivity index (χ2n) is 5.96. The molecule has 1 heterocycles. The van der Waals surface area contributed by atoms with Gasteiger partial charge in [0.1, 0.15) is 0 Å². The van der Waals surface area contributed by atoms with Crippen molar-refractivity contribution < 1.29 is 0 Å². The molecule has 0 bridgehead atoms. The highest BCUT2D eigenvalue weighted by Crippen LogP contribution is 2.22. The molecule has 1 aromatic rings. The summed E-state index contributed by atoms with van der Waals surface area (Å²) in [4.78, 5) is 3.31. The summed E-state index contributed by atoms with van der Waals surface area (Å²) in [6.45, 7) is 5.58. The van der Waals surface area contributed by atoms with Gasteiger partial charge in [0.05, 0.1) is 0 Å². The largest absolute Gasteiger partial charge is 0.365 e. The second kappa shape index (κ2) is 5.23. The van der Waals surface area contributed by atoms with Gasteiger partial charge in [-0.2, -0.15) is 0 Å². The summed E-state index contributed by atoms with van der Waals surface area (Å²) in [6, 6.07) is 5.32. The third kappa shape index (κ3) is 3.33. The van der Waals surface area contributed by atoms with Crippen LogP contribution in [0.5, 0.6) is 0 Å². The Labute approximate surface area is 104 Å². The number of hydrogen-bond donors (Lipinski definition) is 3. The summed E-state index contributed by atoms with van der Waals surface area (Å²) in [6.07, 6.45) is 6.78. The van der Waals surface area contributed by atoms with Gasteiger partial charge in [0.15, 0.2) is 0 Å². The first-order valence-electron chi connectivity index (χ1n) is 6.71. The van der Waals surface area contributed by atoms with Crippen molar-refractivity contribution >= 4 is 0 Å². The van der Waals surface area contributed by atoms with E-state index in [9.17, 15) is 0 Å². The summed E-state index contributed by atoms with van der Waals surface area (Å²) < 4.78 is 0. The predicted molar refractivity (Wildman–Crippen MR) is 72.1 cm³/mol. The van der Waals surface area contributed by atoms with E-state index in [2.05, 4.69) is 36.3 Å². The molecule has 1 aromatic heterocycles. The minimum absolute atomic E-state index is 0.170. The van der Waals surface area contributed by atoms with Gasteiger partial charge in [-0.1, -0.05) is 13.8 Å². The average Bonchev–Trinajstić information content (AvgIpc) is 2.82. The van der Waals surface area contributed by atoms with Crippen molar-refractivity contribution in [1.82, 2.24) is 10.3 Å². The average molecular weight is 235 g/mol. The smallest absolute Gasteiger partial charge is 0.0217 e. The lowest BCUT2D eigenvalue weighted by Gasteiger charge is -2.31. The maximum atomic E-state index is 5.92. The molecular weight excluding hydrogens is 210 g/mol.